The standard InChI is InChI=1S/C26H32ClN5O/c1-20(2)18-24-19-25(29-32(24)23-6-4-3-5-7-23)26(33)28-12-13-30-14-16-31(17-15-30)22-10-8-21(27)9-11-22/h3-11,19-20H,12-18H2,1-2H3,(H,28,33). The molecular formula is C26H32ClN5O. The van der Waals surface area contributed by atoms with Crippen LogP contribution >= 0.6 is 11.6 Å². The molecule has 1 aliphatic heterocycles. The highest BCUT2D eigenvalue weighted by Crippen LogP contribution is 2.19. The van der Waals surface area contributed by atoms with Gasteiger partial charge in [0.15, 0.2) is 5.69 Å². The summed E-state index contributed by atoms with van der Waals surface area (Å²) in [4.78, 5) is 17.6. The Kier molecular flexibility index (Phi) is 7.68. The molecule has 0 spiro atoms. The summed E-state index contributed by atoms with van der Waals surface area (Å²) >= 11 is 6.00. The van der Waals surface area contributed by atoms with E-state index in [1.165, 1.54) is 5.69 Å². The third kappa shape index (κ3) is 6.15. The summed E-state index contributed by atoms with van der Waals surface area (Å²) in [6, 6.07) is 19.9. The lowest BCUT2D eigenvalue weighted by Gasteiger charge is -2.36. The number of carbonyl (C=O) groups is 1. The minimum absolute atomic E-state index is 0.116. The molecular weight excluding hydrogens is 434 g/mol. The molecule has 1 aliphatic rings. The maximum absolute atomic E-state index is 12.8. The van der Waals surface area contributed by atoms with Crippen LogP contribution in [0.4, 0.5) is 5.69 Å². The molecule has 0 saturated carbocycles. The normalized spacial score (nSPS) is 14.6. The van der Waals surface area contributed by atoms with Crippen LogP contribution in [0.3, 0.4) is 0 Å². The Labute approximate surface area is 201 Å². The second-order valence-corrected chi connectivity index (χ2v) is 9.36. The van der Waals surface area contributed by atoms with Crippen LogP contribution in [-0.2, 0) is 6.42 Å². The summed E-state index contributed by atoms with van der Waals surface area (Å²) in [5.41, 5.74) is 3.71. The van der Waals surface area contributed by atoms with Crippen LogP contribution in [0.5, 0.6) is 0 Å². The van der Waals surface area contributed by atoms with Crippen molar-refractivity contribution in [1.29, 1.82) is 0 Å². The second-order valence-electron chi connectivity index (χ2n) is 8.93. The lowest BCUT2D eigenvalue weighted by atomic mass is 10.1. The number of aromatic nitrogens is 2. The van der Waals surface area contributed by atoms with E-state index >= 15 is 0 Å². The smallest absolute Gasteiger partial charge is 0.271 e. The van der Waals surface area contributed by atoms with E-state index in [-0.39, 0.29) is 5.91 Å². The van der Waals surface area contributed by atoms with Crippen LogP contribution in [0.1, 0.15) is 30.0 Å². The molecule has 0 unspecified atom stereocenters. The number of hydrogen-bond donors (Lipinski definition) is 1. The molecule has 4 rings (SSSR count). The van der Waals surface area contributed by atoms with Crippen molar-refractivity contribution in [3.05, 3.63) is 77.1 Å². The van der Waals surface area contributed by atoms with Gasteiger partial charge < -0.3 is 10.2 Å². The third-order valence-electron chi connectivity index (χ3n) is 5.91. The van der Waals surface area contributed by atoms with Gasteiger partial charge in [0, 0.05) is 55.7 Å². The zero-order valence-electron chi connectivity index (χ0n) is 19.4. The van der Waals surface area contributed by atoms with E-state index in [1.54, 1.807) is 0 Å². The Morgan fingerprint density at radius 3 is 2.36 bits per heavy atom. The summed E-state index contributed by atoms with van der Waals surface area (Å²) in [5.74, 6) is 0.362. The number of anilines is 1. The minimum Gasteiger partial charge on any atom is -0.369 e. The SMILES string of the molecule is CC(C)Cc1cc(C(=O)NCCN2CCN(c3ccc(Cl)cc3)CC2)nn1-c1ccccc1. The van der Waals surface area contributed by atoms with Gasteiger partial charge in [-0.05, 0) is 54.8 Å². The van der Waals surface area contributed by atoms with Crippen LogP contribution in [-0.4, -0.2) is 59.9 Å². The lowest BCUT2D eigenvalue weighted by Crippen LogP contribution is -2.48. The topological polar surface area (TPSA) is 53.4 Å². The van der Waals surface area contributed by atoms with Crippen molar-refractivity contribution < 1.29 is 4.79 Å². The van der Waals surface area contributed by atoms with Gasteiger partial charge in [-0.2, -0.15) is 5.10 Å². The number of benzene rings is 2. The molecule has 0 atom stereocenters. The number of nitrogens with one attached hydrogen (secondary N) is 1. The zero-order chi connectivity index (χ0) is 23.2. The van der Waals surface area contributed by atoms with Gasteiger partial charge in [0.1, 0.15) is 0 Å². The molecule has 1 amide bonds. The fraction of sp³-hybridized carbons (Fsp3) is 0.385. The first-order valence-electron chi connectivity index (χ1n) is 11.6. The Hall–Kier alpha value is -2.83. The molecule has 6 nitrogen and oxygen atoms in total. The first-order valence-corrected chi connectivity index (χ1v) is 12.0. The molecule has 0 radical (unpaired) electrons. The first kappa shape index (κ1) is 23.3. The zero-order valence-corrected chi connectivity index (χ0v) is 20.1. The maximum atomic E-state index is 12.8. The van der Waals surface area contributed by atoms with E-state index in [1.807, 2.05) is 53.2 Å². The average Bonchev–Trinajstić information content (AvgIpc) is 3.24. The van der Waals surface area contributed by atoms with Crippen LogP contribution in [0, 0.1) is 5.92 Å². The maximum Gasteiger partial charge on any atom is 0.271 e. The van der Waals surface area contributed by atoms with Crippen molar-refractivity contribution in [2.75, 3.05) is 44.2 Å². The number of rotatable bonds is 8. The van der Waals surface area contributed by atoms with Crippen LogP contribution in [0.25, 0.3) is 5.69 Å². The highest BCUT2D eigenvalue weighted by molar-refractivity contribution is 6.30. The molecule has 0 bridgehead atoms. The predicted molar refractivity (Wildman–Crippen MR) is 135 cm³/mol. The second kappa shape index (κ2) is 10.9. The van der Waals surface area contributed by atoms with Gasteiger partial charge in [0.05, 0.1) is 5.69 Å². The minimum atomic E-state index is -0.116. The van der Waals surface area contributed by atoms with Crippen molar-refractivity contribution in [2.24, 2.45) is 5.92 Å². The van der Waals surface area contributed by atoms with Crippen molar-refractivity contribution >= 4 is 23.2 Å². The van der Waals surface area contributed by atoms with E-state index < -0.39 is 0 Å². The van der Waals surface area contributed by atoms with Crippen molar-refractivity contribution in [3.63, 3.8) is 0 Å². The molecule has 3 aromatic rings. The largest absolute Gasteiger partial charge is 0.369 e. The number of para-hydroxylation sites is 1. The molecule has 174 valence electrons. The summed E-state index contributed by atoms with van der Waals surface area (Å²) < 4.78 is 1.89. The van der Waals surface area contributed by atoms with E-state index in [0.29, 0.717) is 18.2 Å². The molecule has 0 aliphatic carbocycles. The number of nitrogens with zero attached hydrogens (tertiary/aromatic N) is 4. The average molecular weight is 466 g/mol. The number of amides is 1. The van der Waals surface area contributed by atoms with Crippen molar-refractivity contribution in [1.82, 2.24) is 20.0 Å². The molecule has 1 aromatic heterocycles. The lowest BCUT2D eigenvalue weighted by molar-refractivity contribution is 0.0942. The Morgan fingerprint density at radius 2 is 1.70 bits per heavy atom. The van der Waals surface area contributed by atoms with Gasteiger partial charge in [-0.25, -0.2) is 4.68 Å². The number of halogens is 1. The molecule has 33 heavy (non-hydrogen) atoms. The molecule has 2 aromatic carbocycles. The Bertz CT molecular complexity index is 1040. The summed E-state index contributed by atoms with van der Waals surface area (Å²) in [6.07, 6.45) is 0.868. The van der Waals surface area contributed by atoms with E-state index in [2.05, 4.69) is 46.2 Å². The highest BCUT2D eigenvalue weighted by Gasteiger charge is 2.19. The van der Waals surface area contributed by atoms with E-state index in [4.69, 9.17) is 11.6 Å². The van der Waals surface area contributed by atoms with Crippen LogP contribution in [0.2, 0.25) is 5.02 Å². The van der Waals surface area contributed by atoms with Gasteiger partial charge in [0.25, 0.3) is 5.91 Å². The van der Waals surface area contributed by atoms with Gasteiger partial charge in [-0.15, -0.1) is 0 Å². The highest BCUT2D eigenvalue weighted by atomic mass is 35.5. The van der Waals surface area contributed by atoms with Gasteiger partial charge in [-0.1, -0.05) is 43.6 Å². The van der Waals surface area contributed by atoms with E-state index in [9.17, 15) is 4.79 Å². The Morgan fingerprint density at radius 1 is 1.00 bits per heavy atom. The third-order valence-corrected chi connectivity index (χ3v) is 6.16. The van der Waals surface area contributed by atoms with Gasteiger partial charge in [-0.3, -0.25) is 9.69 Å². The van der Waals surface area contributed by atoms with Crippen molar-refractivity contribution in [2.45, 2.75) is 20.3 Å². The molecule has 7 heteroatoms. The van der Waals surface area contributed by atoms with Gasteiger partial charge >= 0.3 is 0 Å². The molecule has 1 N–H and O–H groups in total. The fourth-order valence-corrected chi connectivity index (χ4v) is 4.31. The fourth-order valence-electron chi connectivity index (χ4n) is 4.19. The number of carbonyl (C=O) groups excluding carboxylic acids is 1. The molecule has 1 saturated heterocycles. The quantitative estimate of drug-likeness (QED) is 0.539. The van der Waals surface area contributed by atoms with E-state index in [0.717, 1.165) is 55.5 Å². The van der Waals surface area contributed by atoms with Crippen molar-refractivity contribution in [3.8, 4) is 5.69 Å². The van der Waals surface area contributed by atoms with Crippen LogP contribution in [0.15, 0.2) is 60.7 Å². The predicted octanol–water partition coefficient (Wildman–Crippen LogP) is 4.28. The molecule has 1 fully saturated rings. The van der Waals surface area contributed by atoms with Gasteiger partial charge in [0.2, 0.25) is 0 Å². The number of piperazine rings is 1. The molecule has 2 heterocycles. The summed E-state index contributed by atoms with van der Waals surface area (Å²) in [5, 5.41) is 8.44. The monoisotopic (exact) mass is 465 g/mol. The Balaban J connectivity index is 1.29. The summed E-state index contributed by atoms with van der Waals surface area (Å²) in [6.45, 7) is 9.67. The summed E-state index contributed by atoms with van der Waals surface area (Å²) in [7, 11) is 0. The van der Waals surface area contributed by atoms with Crippen LogP contribution < -0.4 is 10.2 Å². The first-order chi connectivity index (χ1) is 16.0. The number of hydrogen-bond acceptors (Lipinski definition) is 4.